The molecular weight excluding hydrogens is 384 g/mol. The second kappa shape index (κ2) is 9.96. The second-order valence-corrected chi connectivity index (χ2v) is 8.49. The Kier molecular flexibility index (Phi) is 7.36. The third kappa shape index (κ3) is 5.01. The van der Waals surface area contributed by atoms with E-state index in [0.717, 1.165) is 49.1 Å². The van der Waals surface area contributed by atoms with Crippen LogP contribution in [0.3, 0.4) is 0 Å². The maximum Gasteiger partial charge on any atom is 0.191 e. The molecule has 1 aromatic carbocycles. The molecule has 158 valence electrons. The van der Waals surface area contributed by atoms with E-state index in [1.54, 1.807) is 25.6 Å². The molecule has 29 heavy (non-hydrogen) atoms. The molecule has 6 nitrogen and oxygen atoms in total. The highest BCUT2D eigenvalue weighted by molar-refractivity contribution is 7.09. The van der Waals surface area contributed by atoms with Crippen LogP contribution < -0.4 is 20.1 Å². The van der Waals surface area contributed by atoms with E-state index in [2.05, 4.69) is 32.7 Å². The zero-order valence-electron chi connectivity index (χ0n) is 17.9. The predicted octanol–water partition coefficient (Wildman–Crippen LogP) is 4.04. The van der Waals surface area contributed by atoms with Gasteiger partial charge in [0.1, 0.15) is 0 Å². The predicted molar refractivity (Wildman–Crippen MR) is 119 cm³/mol. The first-order chi connectivity index (χ1) is 14.1. The molecule has 0 saturated heterocycles. The zero-order chi connectivity index (χ0) is 20.7. The molecule has 1 aromatic heterocycles. The van der Waals surface area contributed by atoms with E-state index in [4.69, 9.17) is 9.47 Å². The molecule has 0 amide bonds. The van der Waals surface area contributed by atoms with Crippen molar-refractivity contribution in [3.63, 3.8) is 0 Å². The number of nitrogens with zero attached hydrogens (tertiary/aromatic N) is 2. The van der Waals surface area contributed by atoms with Crippen molar-refractivity contribution >= 4 is 17.3 Å². The van der Waals surface area contributed by atoms with Gasteiger partial charge in [0.2, 0.25) is 0 Å². The number of aliphatic imine (C=N–C) groups is 1. The van der Waals surface area contributed by atoms with Crippen LogP contribution in [0.2, 0.25) is 0 Å². The van der Waals surface area contributed by atoms with E-state index < -0.39 is 0 Å². The zero-order valence-corrected chi connectivity index (χ0v) is 18.7. The van der Waals surface area contributed by atoms with Gasteiger partial charge in [-0.3, -0.25) is 4.99 Å². The molecule has 0 radical (unpaired) electrons. The number of methoxy groups -OCH3 is 2. The Morgan fingerprint density at radius 3 is 2.52 bits per heavy atom. The van der Waals surface area contributed by atoms with Crippen LogP contribution in [-0.4, -0.2) is 38.8 Å². The van der Waals surface area contributed by atoms with Gasteiger partial charge in [-0.05, 0) is 37.5 Å². The lowest BCUT2D eigenvalue weighted by atomic mass is 9.69. The summed E-state index contributed by atoms with van der Waals surface area (Å²) in [5.41, 5.74) is 4.33. The van der Waals surface area contributed by atoms with Crippen molar-refractivity contribution in [2.75, 3.05) is 27.8 Å². The monoisotopic (exact) mass is 416 g/mol. The number of nitrogens with one attached hydrogen (secondary N) is 2. The van der Waals surface area contributed by atoms with Gasteiger partial charge in [0.05, 0.1) is 32.0 Å². The van der Waals surface area contributed by atoms with Gasteiger partial charge in [0.15, 0.2) is 17.5 Å². The van der Waals surface area contributed by atoms with E-state index in [0.29, 0.717) is 0 Å². The molecular formula is C22H32N4O2S. The summed E-state index contributed by atoms with van der Waals surface area (Å²) < 4.78 is 11.0. The van der Waals surface area contributed by atoms with Crippen LogP contribution in [0.15, 0.2) is 28.7 Å². The lowest BCUT2D eigenvalue weighted by Crippen LogP contribution is -2.46. The van der Waals surface area contributed by atoms with Crippen LogP contribution in [0.1, 0.15) is 48.2 Å². The van der Waals surface area contributed by atoms with Crippen molar-refractivity contribution in [3.8, 4) is 11.5 Å². The molecule has 1 fully saturated rings. The number of thiazole rings is 1. The average Bonchev–Trinajstić information content (AvgIpc) is 3.18. The fourth-order valence-corrected chi connectivity index (χ4v) is 4.81. The molecule has 2 N–H and O–H groups in total. The highest BCUT2D eigenvalue weighted by Gasteiger charge is 2.34. The molecule has 2 aromatic rings. The summed E-state index contributed by atoms with van der Waals surface area (Å²) in [4.78, 5) is 9.97. The molecule has 1 heterocycles. The van der Waals surface area contributed by atoms with E-state index in [1.807, 2.05) is 25.5 Å². The van der Waals surface area contributed by atoms with E-state index >= 15 is 0 Å². The Morgan fingerprint density at radius 1 is 1.14 bits per heavy atom. The Balaban J connectivity index is 1.74. The molecule has 1 aliphatic carbocycles. The number of ether oxygens (including phenoxy) is 2. The molecule has 0 atom stereocenters. The van der Waals surface area contributed by atoms with E-state index in [1.165, 1.54) is 29.7 Å². The summed E-state index contributed by atoms with van der Waals surface area (Å²) in [6, 6.07) is 6.35. The number of aromatic nitrogens is 1. The summed E-state index contributed by atoms with van der Waals surface area (Å²) >= 11 is 1.67. The Morgan fingerprint density at radius 2 is 1.90 bits per heavy atom. The average molecular weight is 417 g/mol. The maximum absolute atomic E-state index is 5.56. The summed E-state index contributed by atoms with van der Waals surface area (Å²) in [5, 5.41) is 7.00. The first-order valence-electron chi connectivity index (χ1n) is 10.2. The molecule has 0 aliphatic heterocycles. The van der Waals surface area contributed by atoms with Gasteiger partial charge in [-0.1, -0.05) is 25.3 Å². The SMILES string of the molecule is CN=C(NCc1scnc1C)NCC1(c2ccc(OC)c(OC)c2)CCCCC1. The maximum atomic E-state index is 5.56. The highest BCUT2D eigenvalue weighted by atomic mass is 32.1. The van der Waals surface area contributed by atoms with Crippen molar-refractivity contribution < 1.29 is 9.47 Å². The van der Waals surface area contributed by atoms with Gasteiger partial charge in [-0.2, -0.15) is 0 Å². The Labute approximate surface area is 177 Å². The van der Waals surface area contributed by atoms with Gasteiger partial charge >= 0.3 is 0 Å². The smallest absolute Gasteiger partial charge is 0.191 e. The molecule has 7 heteroatoms. The minimum absolute atomic E-state index is 0.0653. The molecule has 1 aliphatic rings. The number of rotatable bonds is 7. The largest absolute Gasteiger partial charge is 0.493 e. The van der Waals surface area contributed by atoms with Crippen molar-refractivity contribution in [2.45, 2.75) is 51.0 Å². The number of guanidine groups is 1. The van der Waals surface area contributed by atoms with E-state index in [-0.39, 0.29) is 5.41 Å². The third-order valence-corrected chi connectivity index (χ3v) is 6.82. The summed E-state index contributed by atoms with van der Waals surface area (Å²) in [6.45, 7) is 3.61. The molecule has 1 saturated carbocycles. The first kappa shape index (κ1) is 21.4. The normalized spacial score (nSPS) is 16.3. The lowest BCUT2D eigenvalue weighted by Gasteiger charge is -2.38. The number of aryl methyl sites for hydroxylation is 1. The standard InChI is InChI=1S/C22H32N4O2S/c1-16-20(29-15-26-16)13-24-21(23-2)25-14-22(10-6-5-7-11-22)17-8-9-18(27-3)19(12-17)28-4/h8-9,12,15H,5-7,10-11,13-14H2,1-4H3,(H2,23,24,25). The van der Waals surface area contributed by atoms with Gasteiger partial charge in [0.25, 0.3) is 0 Å². The van der Waals surface area contributed by atoms with Gasteiger partial charge in [-0.15, -0.1) is 11.3 Å². The summed E-state index contributed by atoms with van der Waals surface area (Å²) in [7, 11) is 5.19. The molecule has 0 spiro atoms. The van der Waals surface area contributed by atoms with E-state index in [9.17, 15) is 0 Å². The minimum Gasteiger partial charge on any atom is -0.493 e. The Hall–Kier alpha value is -2.28. The number of benzene rings is 1. The number of hydrogen-bond donors (Lipinski definition) is 2. The van der Waals surface area contributed by atoms with Crippen molar-refractivity contribution in [1.29, 1.82) is 0 Å². The molecule has 0 bridgehead atoms. The fourth-order valence-electron chi connectivity index (χ4n) is 4.10. The van der Waals surface area contributed by atoms with Crippen LogP contribution >= 0.6 is 11.3 Å². The van der Waals surface area contributed by atoms with Crippen molar-refractivity contribution in [3.05, 3.63) is 39.8 Å². The Bertz CT molecular complexity index is 828. The first-order valence-corrected chi connectivity index (χ1v) is 11.1. The highest BCUT2D eigenvalue weighted by Crippen LogP contribution is 2.42. The second-order valence-electron chi connectivity index (χ2n) is 7.55. The quantitative estimate of drug-likeness (QED) is 0.527. The molecule has 3 rings (SSSR count). The van der Waals surface area contributed by atoms with Crippen LogP contribution in [0, 0.1) is 6.92 Å². The van der Waals surface area contributed by atoms with Gasteiger partial charge in [-0.25, -0.2) is 4.98 Å². The van der Waals surface area contributed by atoms with Crippen LogP contribution in [0.5, 0.6) is 11.5 Å². The third-order valence-electron chi connectivity index (χ3n) is 5.89. The van der Waals surface area contributed by atoms with Crippen molar-refractivity contribution in [1.82, 2.24) is 15.6 Å². The topological polar surface area (TPSA) is 67.8 Å². The van der Waals surface area contributed by atoms with Crippen LogP contribution in [-0.2, 0) is 12.0 Å². The van der Waals surface area contributed by atoms with Gasteiger partial charge in [0, 0.05) is 23.9 Å². The van der Waals surface area contributed by atoms with Crippen LogP contribution in [0.25, 0.3) is 0 Å². The minimum atomic E-state index is 0.0653. The molecule has 0 unspecified atom stereocenters. The lowest BCUT2D eigenvalue weighted by molar-refractivity contribution is 0.288. The number of hydrogen-bond acceptors (Lipinski definition) is 5. The van der Waals surface area contributed by atoms with Gasteiger partial charge < -0.3 is 20.1 Å². The summed E-state index contributed by atoms with van der Waals surface area (Å²) in [5.74, 6) is 2.38. The fraction of sp³-hybridized carbons (Fsp3) is 0.545. The summed E-state index contributed by atoms with van der Waals surface area (Å²) in [6.07, 6.45) is 6.08. The van der Waals surface area contributed by atoms with Crippen molar-refractivity contribution in [2.24, 2.45) is 4.99 Å². The van der Waals surface area contributed by atoms with Crippen LogP contribution in [0.4, 0.5) is 0 Å².